The molecule has 4 heterocycles. The summed E-state index contributed by atoms with van der Waals surface area (Å²) >= 11 is 0. The summed E-state index contributed by atoms with van der Waals surface area (Å²) in [6, 6.07) is 6.46. The SMILES string of the molecule is O=C1[C@@H]2C3C=CC([C@@H]2C(=O)N1c1ccncc1)[C@@H]1C(=O)N(c2ccncc2)C(=O)[C@@H]31. The van der Waals surface area contributed by atoms with Crippen LogP contribution >= 0.6 is 0 Å². The third-order valence-electron chi connectivity index (χ3n) is 6.85. The molecular weight excluding hydrogens is 384 g/mol. The number of allylic oxidation sites excluding steroid dienone is 2. The Hall–Kier alpha value is -3.68. The summed E-state index contributed by atoms with van der Waals surface area (Å²) in [6.07, 6.45) is 9.82. The maximum atomic E-state index is 13.3. The van der Waals surface area contributed by atoms with E-state index in [0.717, 1.165) is 0 Å². The van der Waals surface area contributed by atoms with E-state index in [-0.39, 0.29) is 23.6 Å². The smallest absolute Gasteiger partial charge is 0.238 e. The molecule has 2 unspecified atom stereocenters. The second-order valence-electron chi connectivity index (χ2n) is 8.08. The zero-order chi connectivity index (χ0) is 20.6. The fraction of sp³-hybridized carbons (Fsp3) is 0.273. The van der Waals surface area contributed by atoms with Crippen molar-refractivity contribution in [3.05, 3.63) is 61.2 Å². The fourth-order valence-corrected chi connectivity index (χ4v) is 5.72. The normalized spacial score (nSPS) is 34.0. The Morgan fingerprint density at radius 2 is 0.833 bits per heavy atom. The van der Waals surface area contributed by atoms with Gasteiger partial charge in [-0.2, -0.15) is 0 Å². The van der Waals surface area contributed by atoms with E-state index in [1.54, 1.807) is 24.3 Å². The molecular formula is C22H16N4O4. The minimum absolute atomic E-state index is 0.309. The van der Waals surface area contributed by atoms with Crippen LogP contribution in [0, 0.1) is 35.5 Å². The van der Waals surface area contributed by atoms with Crippen molar-refractivity contribution in [2.75, 3.05) is 9.80 Å². The summed E-state index contributed by atoms with van der Waals surface area (Å²) < 4.78 is 0. The molecule has 0 spiro atoms. The summed E-state index contributed by atoms with van der Waals surface area (Å²) in [4.78, 5) is 63.5. The van der Waals surface area contributed by atoms with E-state index in [2.05, 4.69) is 9.97 Å². The summed E-state index contributed by atoms with van der Waals surface area (Å²) in [5, 5.41) is 0. The Kier molecular flexibility index (Phi) is 3.39. The number of rotatable bonds is 2. The molecule has 8 heteroatoms. The third-order valence-corrected chi connectivity index (χ3v) is 6.85. The first-order chi connectivity index (χ1) is 14.6. The number of hydrogen-bond donors (Lipinski definition) is 0. The third kappa shape index (κ3) is 2.00. The molecule has 3 fully saturated rings. The molecule has 2 aromatic heterocycles. The van der Waals surface area contributed by atoms with Crippen molar-refractivity contribution < 1.29 is 19.2 Å². The molecule has 8 nitrogen and oxygen atoms in total. The molecule has 0 N–H and O–H groups in total. The molecule has 2 saturated heterocycles. The van der Waals surface area contributed by atoms with Crippen LogP contribution in [0.4, 0.5) is 11.4 Å². The molecule has 3 aliphatic carbocycles. The molecule has 2 aliphatic heterocycles. The van der Waals surface area contributed by atoms with Gasteiger partial charge in [-0.25, -0.2) is 9.80 Å². The number of amides is 4. The van der Waals surface area contributed by atoms with E-state index >= 15 is 0 Å². The molecule has 0 aromatic carbocycles. The molecule has 148 valence electrons. The van der Waals surface area contributed by atoms with Gasteiger partial charge in [0.1, 0.15) is 0 Å². The number of anilines is 2. The van der Waals surface area contributed by atoms with Crippen molar-refractivity contribution in [3.8, 4) is 0 Å². The first-order valence-electron chi connectivity index (χ1n) is 9.83. The van der Waals surface area contributed by atoms with Crippen LogP contribution in [0.5, 0.6) is 0 Å². The molecule has 2 aromatic rings. The second kappa shape index (κ2) is 5.91. The van der Waals surface area contributed by atoms with Crippen LogP contribution in [-0.2, 0) is 19.2 Å². The molecule has 1 saturated carbocycles. The van der Waals surface area contributed by atoms with Crippen LogP contribution in [-0.4, -0.2) is 33.6 Å². The van der Waals surface area contributed by atoms with Gasteiger partial charge in [-0.15, -0.1) is 0 Å². The van der Waals surface area contributed by atoms with Crippen molar-refractivity contribution in [1.29, 1.82) is 0 Å². The van der Waals surface area contributed by atoms with Crippen LogP contribution in [0.3, 0.4) is 0 Å². The Labute approximate surface area is 171 Å². The van der Waals surface area contributed by atoms with Crippen LogP contribution in [0.15, 0.2) is 61.2 Å². The summed E-state index contributed by atoms with van der Waals surface area (Å²) in [5.74, 6) is -4.70. The Balaban J connectivity index is 1.42. The molecule has 4 amide bonds. The largest absolute Gasteiger partial charge is 0.274 e. The number of pyridine rings is 2. The number of aromatic nitrogens is 2. The fourth-order valence-electron chi connectivity index (χ4n) is 5.72. The van der Waals surface area contributed by atoms with E-state index in [1.165, 1.54) is 34.6 Å². The van der Waals surface area contributed by atoms with Crippen molar-refractivity contribution >= 4 is 35.0 Å². The van der Waals surface area contributed by atoms with Gasteiger partial charge >= 0.3 is 0 Å². The van der Waals surface area contributed by atoms with E-state index in [0.29, 0.717) is 11.4 Å². The lowest BCUT2D eigenvalue weighted by molar-refractivity contribution is -0.137. The number of nitrogens with zero attached hydrogens (tertiary/aromatic N) is 4. The van der Waals surface area contributed by atoms with Crippen molar-refractivity contribution in [2.45, 2.75) is 0 Å². The summed E-state index contributed by atoms with van der Waals surface area (Å²) in [5.41, 5.74) is 0.935. The number of imide groups is 2. The molecule has 5 aliphatic rings. The highest BCUT2D eigenvalue weighted by atomic mass is 16.2. The lowest BCUT2D eigenvalue weighted by atomic mass is 9.54. The zero-order valence-corrected chi connectivity index (χ0v) is 15.7. The van der Waals surface area contributed by atoms with Gasteiger partial charge in [0.2, 0.25) is 23.6 Å². The van der Waals surface area contributed by atoms with Gasteiger partial charge in [-0.05, 0) is 24.3 Å². The average molecular weight is 400 g/mol. The van der Waals surface area contributed by atoms with Crippen LogP contribution < -0.4 is 9.80 Å². The summed E-state index contributed by atoms with van der Waals surface area (Å²) in [6.45, 7) is 0. The number of carbonyl (C=O) groups excluding carboxylic acids is 4. The monoisotopic (exact) mass is 400 g/mol. The van der Waals surface area contributed by atoms with E-state index < -0.39 is 35.5 Å². The minimum Gasteiger partial charge on any atom is -0.274 e. The highest BCUT2D eigenvalue weighted by Crippen LogP contribution is 2.58. The predicted octanol–water partition coefficient (Wildman–Crippen LogP) is 1.20. The summed E-state index contributed by atoms with van der Waals surface area (Å²) in [7, 11) is 0. The van der Waals surface area contributed by atoms with Crippen molar-refractivity contribution in [3.63, 3.8) is 0 Å². The predicted molar refractivity (Wildman–Crippen MR) is 104 cm³/mol. The van der Waals surface area contributed by atoms with Gasteiger partial charge in [0.05, 0.1) is 35.0 Å². The van der Waals surface area contributed by atoms with Gasteiger partial charge in [-0.3, -0.25) is 29.1 Å². The van der Waals surface area contributed by atoms with Crippen molar-refractivity contribution in [2.24, 2.45) is 35.5 Å². The Bertz CT molecular complexity index is 999. The lowest BCUT2D eigenvalue weighted by Crippen LogP contribution is -2.50. The standard InChI is InChI=1S/C22H16N4O4/c27-19-15-13-1-2-14(17(15)21(29)25(19)11-3-7-23-8-4-11)18-16(13)20(28)26(22(18)30)12-5-9-24-10-6-12/h1-10,13-18H/t13?,14?,15-,16-,17-,18+/m0/s1. The second-order valence-corrected chi connectivity index (χ2v) is 8.08. The first-order valence-corrected chi connectivity index (χ1v) is 9.83. The van der Waals surface area contributed by atoms with Gasteiger partial charge in [-0.1, -0.05) is 12.2 Å². The van der Waals surface area contributed by atoms with Crippen LogP contribution in [0.1, 0.15) is 0 Å². The van der Waals surface area contributed by atoms with Gasteiger partial charge < -0.3 is 0 Å². The Morgan fingerprint density at radius 3 is 1.13 bits per heavy atom. The highest BCUT2D eigenvalue weighted by Gasteiger charge is 2.68. The maximum absolute atomic E-state index is 13.3. The molecule has 6 atom stereocenters. The molecule has 30 heavy (non-hydrogen) atoms. The minimum atomic E-state index is -0.629. The number of hydrogen-bond acceptors (Lipinski definition) is 6. The first kappa shape index (κ1) is 17.2. The number of carbonyl (C=O) groups is 4. The van der Waals surface area contributed by atoms with E-state index in [1.807, 2.05) is 12.2 Å². The average Bonchev–Trinajstić information content (AvgIpc) is 3.22. The van der Waals surface area contributed by atoms with Crippen LogP contribution in [0.25, 0.3) is 0 Å². The highest BCUT2D eigenvalue weighted by molar-refractivity contribution is 6.26. The van der Waals surface area contributed by atoms with E-state index in [9.17, 15) is 19.2 Å². The van der Waals surface area contributed by atoms with Gasteiger partial charge in [0, 0.05) is 36.6 Å². The molecule has 7 rings (SSSR count). The zero-order valence-electron chi connectivity index (χ0n) is 15.7. The van der Waals surface area contributed by atoms with Gasteiger partial charge in [0.15, 0.2) is 0 Å². The molecule has 2 bridgehead atoms. The van der Waals surface area contributed by atoms with Crippen molar-refractivity contribution in [1.82, 2.24) is 9.97 Å². The maximum Gasteiger partial charge on any atom is 0.238 e. The Morgan fingerprint density at radius 1 is 0.533 bits per heavy atom. The van der Waals surface area contributed by atoms with Gasteiger partial charge in [0.25, 0.3) is 0 Å². The van der Waals surface area contributed by atoms with E-state index in [4.69, 9.17) is 0 Å². The quantitative estimate of drug-likeness (QED) is 0.555. The lowest BCUT2D eigenvalue weighted by Gasteiger charge is -2.44. The molecule has 0 radical (unpaired) electrons. The topological polar surface area (TPSA) is 101 Å². The van der Waals surface area contributed by atoms with Crippen LogP contribution in [0.2, 0.25) is 0 Å².